The van der Waals surface area contributed by atoms with Crippen LogP contribution in [0.2, 0.25) is 0 Å². The topological polar surface area (TPSA) is 233 Å². The van der Waals surface area contributed by atoms with Crippen molar-refractivity contribution < 1.29 is 90.7 Å². The number of fused-ring (bicyclic) bond motifs is 1. The Hall–Kier alpha value is -5.54. The largest absolute Gasteiger partial charge is 0.462 e. The third kappa shape index (κ3) is 13.5. The monoisotopic (exact) mass is 898 g/mol. The second-order valence-corrected chi connectivity index (χ2v) is 15.0. The van der Waals surface area contributed by atoms with Crippen molar-refractivity contribution in [3.8, 4) is 0 Å². The average molecular weight is 899 g/mol. The fraction of sp³-hybridized carbons (Fsp3) is 0.511. The van der Waals surface area contributed by atoms with Crippen molar-refractivity contribution in [2.24, 2.45) is 0 Å². The Labute approximate surface area is 369 Å². The summed E-state index contributed by atoms with van der Waals surface area (Å²) in [5.74, 6) is -4.83. The zero-order valence-corrected chi connectivity index (χ0v) is 36.5. The van der Waals surface area contributed by atoms with Crippen LogP contribution in [0.3, 0.4) is 0 Å². The van der Waals surface area contributed by atoms with Crippen LogP contribution >= 0.6 is 0 Å². The fourth-order valence-electron chi connectivity index (χ4n) is 7.49. The van der Waals surface area contributed by atoms with Gasteiger partial charge in [0.05, 0.1) is 13.2 Å². The standard InChI is InChI=1S/C45H54O19/c1-24(46)54-22-34(58-26(3)48)37-36(52)39(42(44(53-7)62-37)56-20-30-14-9-8-10-15-30)64-45-43(57-21-32-18-13-17-31-16-11-12-19-33(31)32)41(61-29(6)51)40(60-28(5)50)38(63-45)35(59-27(4)49)23-55-25(2)47/h8-19,34-45,52H,20-23H2,1-7H3/t34-,35+,36-,37-,38-,39+,40-,41+,42+,43+,44+,45-/m1/s1. The van der Waals surface area contributed by atoms with E-state index < -0.39 is 123 Å². The molecule has 0 aliphatic carbocycles. The minimum atomic E-state index is -1.81. The molecule has 0 saturated carbocycles. The van der Waals surface area contributed by atoms with Gasteiger partial charge < -0.3 is 61.9 Å². The van der Waals surface area contributed by atoms with E-state index in [1.165, 1.54) is 7.11 Å². The minimum absolute atomic E-state index is 0.0660. The lowest BCUT2D eigenvalue weighted by atomic mass is 9.92. The Morgan fingerprint density at radius 2 is 1.09 bits per heavy atom. The number of aliphatic hydroxyl groups excluding tert-OH is 1. The molecule has 2 saturated heterocycles. The molecule has 0 bridgehead atoms. The van der Waals surface area contributed by atoms with Crippen LogP contribution in [0.5, 0.6) is 0 Å². The third-order valence-electron chi connectivity index (χ3n) is 10.1. The molecule has 1 N–H and O–H groups in total. The van der Waals surface area contributed by atoms with Crippen LogP contribution in [-0.2, 0) is 98.8 Å². The van der Waals surface area contributed by atoms with Gasteiger partial charge in [0.1, 0.15) is 49.8 Å². The summed E-state index contributed by atoms with van der Waals surface area (Å²) in [5, 5.41) is 14.0. The van der Waals surface area contributed by atoms with E-state index >= 15 is 0 Å². The van der Waals surface area contributed by atoms with E-state index in [1.807, 2.05) is 48.5 Å². The number of carbonyl (C=O) groups excluding carboxylic acids is 6. The molecule has 2 fully saturated rings. The highest BCUT2D eigenvalue weighted by Crippen LogP contribution is 2.37. The maximum Gasteiger partial charge on any atom is 0.303 e. The highest BCUT2D eigenvalue weighted by Gasteiger charge is 2.58. The van der Waals surface area contributed by atoms with Gasteiger partial charge in [-0.3, -0.25) is 28.8 Å². The summed E-state index contributed by atoms with van der Waals surface area (Å²) in [6.07, 6.45) is -18.6. The first-order valence-corrected chi connectivity index (χ1v) is 20.4. The molecule has 2 aliphatic heterocycles. The molecule has 64 heavy (non-hydrogen) atoms. The second-order valence-electron chi connectivity index (χ2n) is 15.0. The minimum Gasteiger partial charge on any atom is -0.462 e. The van der Waals surface area contributed by atoms with Crippen LogP contribution in [0.4, 0.5) is 0 Å². The summed E-state index contributed by atoms with van der Waals surface area (Å²) in [5.41, 5.74) is 1.39. The van der Waals surface area contributed by atoms with Crippen molar-refractivity contribution in [1.82, 2.24) is 0 Å². The summed E-state index contributed by atoms with van der Waals surface area (Å²) in [6, 6.07) is 22.0. The second kappa shape index (κ2) is 23.4. The zero-order valence-electron chi connectivity index (χ0n) is 36.5. The fourth-order valence-corrected chi connectivity index (χ4v) is 7.49. The van der Waals surface area contributed by atoms with Gasteiger partial charge >= 0.3 is 35.8 Å². The molecule has 0 aromatic heterocycles. The number of methoxy groups -OCH3 is 1. The number of hydrogen-bond donors (Lipinski definition) is 1. The van der Waals surface area contributed by atoms with E-state index in [1.54, 1.807) is 24.3 Å². The Morgan fingerprint density at radius 3 is 1.69 bits per heavy atom. The first kappa shape index (κ1) is 49.5. The van der Waals surface area contributed by atoms with Gasteiger partial charge in [-0.1, -0.05) is 72.8 Å². The van der Waals surface area contributed by atoms with Crippen LogP contribution in [-0.4, -0.2) is 135 Å². The molecular weight excluding hydrogens is 844 g/mol. The van der Waals surface area contributed by atoms with Gasteiger partial charge in [0.15, 0.2) is 37.0 Å². The number of hydrogen-bond acceptors (Lipinski definition) is 19. The average Bonchev–Trinajstić information content (AvgIpc) is 3.24. The Bertz CT molecular complexity index is 2050. The smallest absolute Gasteiger partial charge is 0.303 e. The SMILES string of the molecule is CO[C@H]1O[C@H]([C@@H](COC(C)=O)OC(C)=O)[C@@H](O)[C@H](O[C@H]2O[C@H]([C@H](COC(C)=O)OC(C)=O)[C@@H](OC(C)=O)[C@H](OC(C)=O)[C@@H]2OCc2cccc3ccccc23)[C@@H]1OCc1ccccc1. The Balaban J connectivity index is 1.66. The predicted octanol–water partition coefficient (Wildman–Crippen LogP) is 3.01. The highest BCUT2D eigenvalue weighted by molar-refractivity contribution is 5.85. The van der Waals surface area contributed by atoms with E-state index in [4.69, 9.17) is 56.8 Å². The predicted molar refractivity (Wildman–Crippen MR) is 218 cm³/mol. The molecule has 0 unspecified atom stereocenters. The lowest BCUT2D eigenvalue weighted by molar-refractivity contribution is -0.375. The van der Waals surface area contributed by atoms with E-state index in [-0.39, 0.29) is 13.2 Å². The Kier molecular flexibility index (Phi) is 18.1. The number of aliphatic hydroxyl groups is 1. The molecule has 3 aromatic rings. The van der Waals surface area contributed by atoms with E-state index in [0.29, 0.717) is 11.1 Å². The summed E-state index contributed by atoms with van der Waals surface area (Å²) in [4.78, 5) is 74.8. The van der Waals surface area contributed by atoms with E-state index in [2.05, 4.69) is 0 Å². The van der Waals surface area contributed by atoms with Crippen molar-refractivity contribution in [1.29, 1.82) is 0 Å². The number of esters is 6. The maximum atomic E-state index is 13.0. The van der Waals surface area contributed by atoms with E-state index in [0.717, 1.165) is 52.3 Å². The van der Waals surface area contributed by atoms with Crippen molar-refractivity contribution >= 4 is 46.6 Å². The molecule has 19 heteroatoms. The van der Waals surface area contributed by atoms with Crippen LogP contribution < -0.4 is 0 Å². The van der Waals surface area contributed by atoms with Crippen molar-refractivity contribution in [3.63, 3.8) is 0 Å². The molecular formula is C45H54O19. The number of rotatable bonds is 19. The Morgan fingerprint density at radius 1 is 0.562 bits per heavy atom. The molecule has 0 amide bonds. The van der Waals surface area contributed by atoms with Gasteiger partial charge in [-0.2, -0.15) is 0 Å². The van der Waals surface area contributed by atoms with Crippen LogP contribution in [0.15, 0.2) is 72.8 Å². The van der Waals surface area contributed by atoms with Crippen LogP contribution in [0.1, 0.15) is 52.7 Å². The van der Waals surface area contributed by atoms with E-state index in [9.17, 15) is 33.9 Å². The molecule has 348 valence electrons. The summed E-state index contributed by atoms with van der Waals surface area (Å²) >= 11 is 0. The van der Waals surface area contributed by atoms with Gasteiger partial charge in [-0.25, -0.2) is 0 Å². The van der Waals surface area contributed by atoms with Gasteiger partial charge in [0, 0.05) is 48.7 Å². The number of benzene rings is 3. The lowest BCUT2D eigenvalue weighted by Gasteiger charge is -2.50. The summed E-state index contributed by atoms with van der Waals surface area (Å²) in [7, 11) is 1.30. The number of ether oxygens (including phenoxy) is 12. The van der Waals surface area contributed by atoms with Gasteiger partial charge in [-0.15, -0.1) is 0 Å². The van der Waals surface area contributed by atoms with Crippen LogP contribution in [0, 0.1) is 0 Å². The number of carbonyl (C=O) groups is 6. The van der Waals surface area contributed by atoms with Gasteiger partial charge in [0.2, 0.25) is 0 Å². The highest BCUT2D eigenvalue weighted by atomic mass is 16.8. The quantitative estimate of drug-likeness (QED) is 0.135. The van der Waals surface area contributed by atoms with Gasteiger partial charge in [-0.05, 0) is 21.9 Å². The van der Waals surface area contributed by atoms with Gasteiger partial charge in [0.25, 0.3) is 0 Å². The lowest BCUT2D eigenvalue weighted by Crippen LogP contribution is -2.68. The molecule has 0 spiro atoms. The molecule has 3 aromatic carbocycles. The first-order valence-electron chi connectivity index (χ1n) is 20.4. The molecule has 2 heterocycles. The molecule has 19 nitrogen and oxygen atoms in total. The zero-order chi connectivity index (χ0) is 46.5. The summed E-state index contributed by atoms with van der Waals surface area (Å²) < 4.78 is 71.3. The maximum absolute atomic E-state index is 13.0. The molecule has 2 aliphatic rings. The van der Waals surface area contributed by atoms with Crippen LogP contribution in [0.25, 0.3) is 10.8 Å². The molecule has 0 radical (unpaired) electrons. The third-order valence-corrected chi connectivity index (χ3v) is 10.1. The molecule has 5 rings (SSSR count). The summed E-state index contributed by atoms with van der Waals surface area (Å²) in [6.45, 7) is 5.26. The van der Waals surface area contributed by atoms with Crippen molar-refractivity contribution in [3.05, 3.63) is 83.9 Å². The van der Waals surface area contributed by atoms with Crippen molar-refractivity contribution in [2.45, 2.75) is 128 Å². The molecule has 12 atom stereocenters. The van der Waals surface area contributed by atoms with Crippen molar-refractivity contribution in [2.75, 3.05) is 20.3 Å². The normalized spacial score (nSPS) is 26.4. The first-order chi connectivity index (χ1) is 30.6.